The van der Waals surface area contributed by atoms with E-state index < -0.39 is 22.6 Å². The lowest BCUT2D eigenvalue weighted by Gasteiger charge is -2.22. The van der Waals surface area contributed by atoms with E-state index in [4.69, 9.17) is 11.6 Å². The monoisotopic (exact) mass is 376 g/mol. The molecule has 1 N–H and O–H groups in total. The Bertz CT molecular complexity index is 698. The molecule has 0 fully saturated rings. The number of aromatic nitrogens is 3. The third-order valence-corrected chi connectivity index (χ3v) is 2.58. The zero-order valence-electron chi connectivity index (χ0n) is 14.2. The lowest BCUT2D eigenvalue weighted by atomic mass is 10.3. The first-order valence-electron chi connectivity index (χ1n) is 7.01. The molecule has 0 atom stereocenters. The van der Waals surface area contributed by atoms with Crippen molar-refractivity contribution < 1.29 is 13.2 Å². The first-order valence-corrected chi connectivity index (χ1v) is 8.42. The van der Waals surface area contributed by atoms with Crippen molar-refractivity contribution in [3.63, 3.8) is 0 Å². The molecule has 0 aromatic carbocycles. The van der Waals surface area contributed by atoms with E-state index in [0.717, 1.165) is 4.90 Å². The van der Waals surface area contributed by atoms with Gasteiger partial charge in [-0.25, -0.2) is 4.79 Å². The lowest BCUT2D eigenvalue weighted by Crippen LogP contribution is -2.36. The molecule has 0 unspecified atom stereocenters. The van der Waals surface area contributed by atoms with Crippen LogP contribution in [0.25, 0.3) is 0 Å². The zero-order chi connectivity index (χ0) is 18.9. The summed E-state index contributed by atoms with van der Waals surface area (Å²) in [5.41, 5.74) is 0. The number of carbonyl (C=O) groups excluding carboxylic acids is 1. The van der Waals surface area contributed by atoms with Crippen molar-refractivity contribution in [1.29, 1.82) is 0 Å². The Morgan fingerprint density at radius 1 is 1.29 bits per heavy atom. The summed E-state index contributed by atoms with van der Waals surface area (Å²) in [5.74, 6) is 0.106. The maximum absolute atomic E-state index is 11.8. The molecule has 0 spiro atoms. The first-order chi connectivity index (χ1) is 11.1. The maximum Gasteiger partial charge on any atom is 0.365 e. The Morgan fingerprint density at radius 3 is 2.25 bits per heavy atom. The van der Waals surface area contributed by atoms with Gasteiger partial charge in [-0.2, -0.15) is 23.4 Å². The predicted octanol–water partition coefficient (Wildman–Crippen LogP) is 2.94. The molecule has 0 aliphatic carbocycles. The van der Waals surface area contributed by atoms with Crippen molar-refractivity contribution in [2.24, 2.45) is 4.36 Å². The number of amides is 2. The number of nitrogens with zero attached hydrogens (tertiary/aromatic N) is 5. The molecule has 134 valence electrons. The molecule has 0 radical (unpaired) electrons. The average Bonchev–Trinajstić information content (AvgIpc) is 2.36. The summed E-state index contributed by atoms with van der Waals surface area (Å²) < 4.78 is 24.0. The van der Waals surface area contributed by atoms with Crippen molar-refractivity contribution in [3.05, 3.63) is 17.9 Å². The van der Waals surface area contributed by atoms with E-state index in [9.17, 15) is 13.2 Å². The van der Waals surface area contributed by atoms with Crippen molar-refractivity contribution in [2.75, 3.05) is 10.2 Å². The second-order valence-corrected chi connectivity index (χ2v) is 5.94. The average molecular weight is 377 g/mol. The van der Waals surface area contributed by atoms with Crippen LogP contribution in [0.15, 0.2) is 17.0 Å². The van der Waals surface area contributed by atoms with Gasteiger partial charge < -0.3 is 5.32 Å². The van der Waals surface area contributed by atoms with E-state index >= 15 is 0 Å². The fraction of sp³-hybridized carbons (Fsp3) is 0.538. The Balaban J connectivity index is 0.00000163. The summed E-state index contributed by atoms with van der Waals surface area (Å²) in [6, 6.07) is -1.38. The maximum atomic E-state index is 11.8. The number of hydrogen-bond donors (Lipinski definition) is 1. The molecule has 2 amide bonds. The van der Waals surface area contributed by atoms with Gasteiger partial charge >= 0.3 is 16.5 Å². The molecule has 0 saturated heterocycles. The lowest BCUT2D eigenvalue weighted by molar-refractivity contribution is 0.253. The van der Waals surface area contributed by atoms with E-state index in [1.54, 1.807) is 19.9 Å². The van der Waals surface area contributed by atoms with E-state index in [2.05, 4.69) is 31.2 Å². The molecule has 0 aliphatic rings. The minimum atomic E-state index is -2.86. The minimum Gasteiger partial charge on any atom is -0.352 e. The van der Waals surface area contributed by atoms with Gasteiger partial charge in [0.25, 0.3) is 0 Å². The van der Waals surface area contributed by atoms with Gasteiger partial charge in [0.05, 0.1) is 0 Å². The van der Waals surface area contributed by atoms with Crippen LogP contribution in [-0.4, -0.2) is 41.5 Å². The topological polar surface area (TPSA) is 118 Å². The number of halogens is 1. The van der Waals surface area contributed by atoms with Crippen LogP contribution < -0.4 is 10.2 Å². The van der Waals surface area contributed by atoms with Crippen molar-refractivity contribution >= 4 is 40.0 Å². The highest BCUT2D eigenvalue weighted by Crippen LogP contribution is 2.17. The van der Waals surface area contributed by atoms with Gasteiger partial charge in [0.1, 0.15) is 0 Å². The second-order valence-electron chi connectivity index (χ2n) is 4.99. The Kier molecular flexibility index (Phi) is 9.74. The number of rotatable bonds is 4. The number of allylic oxidation sites excluding steroid dienone is 1. The molecule has 0 aliphatic heterocycles. The predicted molar refractivity (Wildman–Crippen MR) is 93.8 cm³/mol. The summed E-state index contributed by atoms with van der Waals surface area (Å²) >= 11 is 5.80. The summed E-state index contributed by atoms with van der Waals surface area (Å²) in [5, 5.41) is 2.80. The smallest absolute Gasteiger partial charge is 0.352 e. The number of nitrogens with one attached hydrogen (secondary N) is 1. The quantitative estimate of drug-likeness (QED) is 0.802. The van der Waals surface area contributed by atoms with Gasteiger partial charge in [-0.15, -0.1) is 6.58 Å². The SMILES string of the molecule is C=CC.CC(C)Nc1nc(Cl)nc(N(C(=O)N=S(=O)=O)C(C)C)n1. The molecule has 24 heavy (non-hydrogen) atoms. The number of urea groups is 1. The largest absolute Gasteiger partial charge is 0.365 e. The highest BCUT2D eigenvalue weighted by molar-refractivity contribution is 7.62. The number of hydrogen-bond acceptors (Lipinski definition) is 7. The van der Waals surface area contributed by atoms with Gasteiger partial charge in [0.2, 0.25) is 17.2 Å². The molecular formula is C13H21ClN6O3S. The van der Waals surface area contributed by atoms with Gasteiger partial charge in [-0.05, 0) is 46.2 Å². The Labute approximate surface area is 147 Å². The van der Waals surface area contributed by atoms with Crippen LogP contribution >= 0.6 is 11.6 Å². The highest BCUT2D eigenvalue weighted by Gasteiger charge is 2.23. The van der Waals surface area contributed by atoms with Crippen LogP contribution in [0.3, 0.4) is 0 Å². The number of anilines is 2. The van der Waals surface area contributed by atoms with E-state index in [1.165, 1.54) is 0 Å². The van der Waals surface area contributed by atoms with E-state index in [1.807, 2.05) is 20.8 Å². The second kappa shape index (κ2) is 10.7. The van der Waals surface area contributed by atoms with Crippen LogP contribution in [0.1, 0.15) is 34.6 Å². The third-order valence-electron chi connectivity index (χ3n) is 2.10. The molecule has 1 rings (SSSR count). The van der Waals surface area contributed by atoms with Gasteiger partial charge in [-0.3, -0.25) is 4.90 Å². The normalized spacial score (nSPS) is 9.83. The highest BCUT2D eigenvalue weighted by atomic mass is 35.5. The summed E-state index contributed by atoms with van der Waals surface area (Å²) in [6.45, 7) is 12.3. The Morgan fingerprint density at radius 2 is 1.83 bits per heavy atom. The van der Waals surface area contributed by atoms with Crippen LogP contribution in [0.5, 0.6) is 0 Å². The zero-order valence-corrected chi connectivity index (χ0v) is 15.8. The molecule has 1 aromatic heterocycles. The third kappa shape index (κ3) is 7.97. The van der Waals surface area contributed by atoms with E-state index in [0.29, 0.717) is 0 Å². The molecule has 1 heterocycles. The van der Waals surface area contributed by atoms with Crippen LogP contribution in [0.2, 0.25) is 5.28 Å². The van der Waals surface area contributed by atoms with E-state index in [-0.39, 0.29) is 23.2 Å². The number of carbonyl (C=O) groups is 1. The molecular weight excluding hydrogens is 356 g/mol. The molecule has 0 saturated carbocycles. The molecule has 9 nitrogen and oxygen atoms in total. The van der Waals surface area contributed by atoms with Crippen molar-refractivity contribution in [2.45, 2.75) is 46.7 Å². The van der Waals surface area contributed by atoms with Crippen LogP contribution in [0, 0.1) is 0 Å². The van der Waals surface area contributed by atoms with Crippen molar-refractivity contribution in [1.82, 2.24) is 15.0 Å². The van der Waals surface area contributed by atoms with Crippen LogP contribution in [-0.2, 0) is 10.5 Å². The first kappa shape index (κ1) is 21.9. The fourth-order valence-electron chi connectivity index (χ4n) is 1.42. The van der Waals surface area contributed by atoms with Crippen LogP contribution in [0.4, 0.5) is 16.7 Å². The summed E-state index contributed by atoms with van der Waals surface area (Å²) in [4.78, 5) is 24.6. The molecule has 11 heteroatoms. The fourth-order valence-corrected chi connectivity index (χ4v) is 1.79. The van der Waals surface area contributed by atoms with Gasteiger partial charge in [0, 0.05) is 12.1 Å². The summed E-state index contributed by atoms with van der Waals surface area (Å²) in [7, 11) is -2.86. The minimum absolute atomic E-state index is 0.0401. The Hall–Kier alpha value is -2.07. The standard InChI is InChI=1S/C10H15ClN6O3S.C3H6/c1-5(2)12-8-13-7(11)14-9(15-8)17(6(3)4)10(18)16-21(19)20;1-3-2/h5-6H,1-4H3,(H,12,13,14,15);3H,1H2,2H3. The van der Waals surface area contributed by atoms with Gasteiger partial charge in [0.15, 0.2) is 0 Å². The van der Waals surface area contributed by atoms with Crippen molar-refractivity contribution in [3.8, 4) is 0 Å². The molecule has 1 aromatic rings. The molecule has 0 bridgehead atoms. The van der Waals surface area contributed by atoms with Gasteiger partial charge in [-0.1, -0.05) is 10.4 Å². The summed E-state index contributed by atoms with van der Waals surface area (Å²) in [6.07, 6.45) is 1.75.